The molecule has 0 heterocycles. The number of hydrogen-bond donors (Lipinski definition) is 0. The summed E-state index contributed by atoms with van der Waals surface area (Å²) in [4.78, 5) is -0.560. The van der Waals surface area contributed by atoms with Crippen LogP contribution >= 0.6 is 11.6 Å². The Hall–Kier alpha value is -1.57. The Morgan fingerprint density at radius 1 is 1.12 bits per heavy atom. The molecule has 0 unspecified atom stereocenters. The Balaban J connectivity index is 2.41. The summed E-state index contributed by atoms with van der Waals surface area (Å²) in [6.45, 7) is 1.86. The molecule has 2 aromatic rings. The largest absolute Gasteiger partial charge is 0.416 e. The van der Waals surface area contributed by atoms with Gasteiger partial charge >= 0.3 is 6.18 Å². The number of rotatable bonds is 4. The molecule has 0 bridgehead atoms. The normalized spacial score (nSPS) is 12.6. The van der Waals surface area contributed by atoms with Crippen LogP contribution in [0.15, 0.2) is 47.4 Å². The summed E-state index contributed by atoms with van der Waals surface area (Å²) in [5, 5.41) is -0.250. The SMILES string of the molecule is Cc1ccccc1CN(C)S(=O)(=O)c1cc(C(F)(F)F)ccc1Cl. The summed E-state index contributed by atoms with van der Waals surface area (Å²) < 4.78 is 64.7. The highest BCUT2D eigenvalue weighted by molar-refractivity contribution is 7.89. The van der Waals surface area contributed by atoms with Crippen LogP contribution in [0.3, 0.4) is 0 Å². The zero-order chi connectivity index (χ0) is 18.1. The molecule has 0 aliphatic rings. The molecule has 0 N–H and O–H groups in total. The lowest BCUT2D eigenvalue weighted by atomic mass is 10.1. The molecule has 2 rings (SSSR count). The molecule has 8 heteroatoms. The van der Waals surface area contributed by atoms with Gasteiger partial charge in [-0.2, -0.15) is 17.5 Å². The van der Waals surface area contributed by atoms with Crippen molar-refractivity contribution in [2.45, 2.75) is 24.5 Å². The van der Waals surface area contributed by atoms with Crippen molar-refractivity contribution in [2.24, 2.45) is 0 Å². The van der Waals surface area contributed by atoms with Crippen LogP contribution < -0.4 is 0 Å². The van der Waals surface area contributed by atoms with E-state index in [1.165, 1.54) is 7.05 Å². The minimum absolute atomic E-state index is 0.0293. The van der Waals surface area contributed by atoms with Crippen LogP contribution in [0.5, 0.6) is 0 Å². The second-order valence-electron chi connectivity index (χ2n) is 5.33. The van der Waals surface area contributed by atoms with E-state index in [2.05, 4.69) is 0 Å². The van der Waals surface area contributed by atoms with Crippen molar-refractivity contribution in [3.63, 3.8) is 0 Å². The van der Waals surface area contributed by atoms with Crippen LogP contribution in [-0.2, 0) is 22.7 Å². The fourth-order valence-corrected chi connectivity index (χ4v) is 3.80. The molecule has 3 nitrogen and oxygen atoms in total. The van der Waals surface area contributed by atoms with E-state index in [-0.39, 0.29) is 11.6 Å². The van der Waals surface area contributed by atoms with Gasteiger partial charge in [-0.25, -0.2) is 8.42 Å². The molecule has 0 aromatic heterocycles. The molecular weight excluding hydrogens is 363 g/mol. The fraction of sp³-hybridized carbons (Fsp3) is 0.250. The predicted molar refractivity (Wildman–Crippen MR) is 86.3 cm³/mol. The van der Waals surface area contributed by atoms with E-state index >= 15 is 0 Å². The Morgan fingerprint density at radius 2 is 1.75 bits per heavy atom. The third kappa shape index (κ3) is 3.91. The highest BCUT2D eigenvalue weighted by Crippen LogP contribution is 2.34. The first-order valence-electron chi connectivity index (χ1n) is 6.91. The Kier molecular flexibility index (Phi) is 5.27. The van der Waals surface area contributed by atoms with Crippen molar-refractivity contribution in [2.75, 3.05) is 7.05 Å². The highest BCUT2D eigenvalue weighted by Gasteiger charge is 2.33. The van der Waals surface area contributed by atoms with E-state index in [0.29, 0.717) is 6.07 Å². The van der Waals surface area contributed by atoms with Gasteiger partial charge in [0.2, 0.25) is 10.0 Å². The van der Waals surface area contributed by atoms with Crippen LogP contribution in [0.4, 0.5) is 13.2 Å². The van der Waals surface area contributed by atoms with Crippen molar-refractivity contribution in [1.29, 1.82) is 0 Å². The zero-order valence-corrected chi connectivity index (χ0v) is 14.5. The minimum atomic E-state index is -4.65. The Labute approximate surface area is 143 Å². The molecule has 0 saturated heterocycles. The van der Waals surface area contributed by atoms with E-state index in [1.54, 1.807) is 12.1 Å². The van der Waals surface area contributed by atoms with Gasteiger partial charge in [-0.15, -0.1) is 0 Å². The zero-order valence-electron chi connectivity index (χ0n) is 12.9. The summed E-state index contributed by atoms with van der Waals surface area (Å²) >= 11 is 5.84. The molecule has 0 atom stereocenters. The topological polar surface area (TPSA) is 37.4 Å². The lowest BCUT2D eigenvalue weighted by Gasteiger charge is -2.20. The Bertz CT molecular complexity index is 851. The van der Waals surface area contributed by atoms with Gasteiger partial charge < -0.3 is 0 Å². The van der Waals surface area contributed by atoms with E-state index in [0.717, 1.165) is 27.6 Å². The molecule has 0 fully saturated rings. The number of aryl methyl sites for hydroxylation is 1. The van der Waals surface area contributed by atoms with Crippen LogP contribution in [0, 0.1) is 6.92 Å². The van der Waals surface area contributed by atoms with Gasteiger partial charge in [0, 0.05) is 13.6 Å². The van der Waals surface area contributed by atoms with Gasteiger partial charge in [0.1, 0.15) is 4.90 Å². The lowest BCUT2D eigenvalue weighted by Crippen LogP contribution is -2.27. The monoisotopic (exact) mass is 377 g/mol. The van der Waals surface area contributed by atoms with E-state index in [9.17, 15) is 21.6 Å². The molecule has 0 aliphatic carbocycles. The second-order valence-corrected chi connectivity index (χ2v) is 7.75. The molecule has 0 amide bonds. The van der Waals surface area contributed by atoms with Gasteiger partial charge in [0.05, 0.1) is 10.6 Å². The summed E-state index contributed by atoms with van der Waals surface area (Å²) in [6, 6.07) is 9.42. The van der Waals surface area contributed by atoms with Crippen molar-refractivity contribution >= 4 is 21.6 Å². The first kappa shape index (κ1) is 18.8. The van der Waals surface area contributed by atoms with Crippen molar-refractivity contribution in [3.05, 3.63) is 64.2 Å². The third-order valence-electron chi connectivity index (χ3n) is 3.60. The van der Waals surface area contributed by atoms with Gasteiger partial charge in [-0.3, -0.25) is 0 Å². The van der Waals surface area contributed by atoms with Crippen LogP contribution in [-0.4, -0.2) is 19.8 Å². The van der Waals surface area contributed by atoms with Crippen LogP contribution in [0.1, 0.15) is 16.7 Å². The van der Waals surface area contributed by atoms with Crippen molar-refractivity contribution in [3.8, 4) is 0 Å². The maximum atomic E-state index is 12.8. The minimum Gasteiger partial charge on any atom is -0.207 e. The van der Waals surface area contributed by atoms with Crippen LogP contribution in [0.25, 0.3) is 0 Å². The van der Waals surface area contributed by atoms with E-state index in [4.69, 9.17) is 11.6 Å². The highest BCUT2D eigenvalue weighted by atomic mass is 35.5. The van der Waals surface area contributed by atoms with Gasteiger partial charge in [-0.1, -0.05) is 35.9 Å². The number of sulfonamides is 1. The van der Waals surface area contributed by atoms with Crippen molar-refractivity contribution < 1.29 is 21.6 Å². The maximum absolute atomic E-state index is 12.8. The predicted octanol–water partition coefficient (Wildman–Crippen LogP) is 4.49. The average molecular weight is 378 g/mol. The lowest BCUT2D eigenvalue weighted by molar-refractivity contribution is -0.137. The Morgan fingerprint density at radius 3 is 2.33 bits per heavy atom. The number of hydrogen-bond acceptors (Lipinski definition) is 2. The first-order valence-corrected chi connectivity index (χ1v) is 8.73. The maximum Gasteiger partial charge on any atom is 0.416 e. The number of nitrogens with zero attached hydrogens (tertiary/aromatic N) is 1. The quantitative estimate of drug-likeness (QED) is 0.787. The van der Waals surface area contributed by atoms with Crippen LogP contribution in [0.2, 0.25) is 5.02 Å². The van der Waals surface area contributed by atoms with E-state index in [1.807, 2.05) is 19.1 Å². The third-order valence-corrected chi connectivity index (χ3v) is 5.89. The second kappa shape index (κ2) is 6.74. The smallest absolute Gasteiger partial charge is 0.207 e. The first-order chi connectivity index (χ1) is 11.0. The number of benzene rings is 2. The number of halogens is 4. The summed E-state index contributed by atoms with van der Waals surface area (Å²) in [5.74, 6) is 0. The molecule has 0 radical (unpaired) electrons. The van der Waals surface area contributed by atoms with Gasteiger partial charge in [0.15, 0.2) is 0 Å². The van der Waals surface area contributed by atoms with Gasteiger partial charge in [0.25, 0.3) is 0 Å². The van der Waals surface area contributed by atoms with Crippen molar-refractivity contribution in [1.82, 2.24) is 4.31 Å². The summed E-state index contributed by atoms with van der Waals surface area (Å²) in [6.07, 6.45) is -4.65. The molecular formula is C16H15ClF3NO2S. The molecule has 0 aliphatic heterocycles. The summed E-state index contributed by atoms with van der Waals surface area (Å²) in [7, 11) is -2.86. The molecule has 0 saturated carbocycles. The standard InChI is InChI=1S/C16H15ClF3NO2S/c1-11-5-3-4-6-12(11)10-21(2)24(22,23)15-9-13(16(18,19)20)7-8-14(15)17/h3-9H,10H2,1-2H3. The molecule has 130 valence electrons. The van der Waals surface area contributed by atoms with Gasteiger partial charge in [-0.05, 0) is 36.2 Å². The molecule has 2 aromatic carbocycles. The van der Waals surface area contributed by atoms with E-state index < -0.39 is 26.7 Å². The molecule has 24 heavy (non-hydrogen) atoms. The molecule has 0 spiro atoms. The number of alkyl halides is 3. The fourth-order valence-electron chi connectivity index (χ4n) is 2.16. The summed E-state index contributed by atoms with van der Waals surface area (Å²) in [5.41, 5.74) is 0.580. The average Bonchev–Trinajstić information content (AvgIpc) is 2.48.